The van der Waals surface area contributed by atoms with Crippen molar-refractivity contribution in [2.45, 2.75) is 39.7 Å². The lowest BCUT2D eigenvalue weighted by atomic mass is 9.95. The number of nitrogens with zero attached hydrogens (tertiary/aromatic N) is 2. The molecule has 1 amide bonds. The standard InChI is InChI=1S/C13H18ClN3O3/c1-4-9(5-2)8(3)16-13(18)11-6-10(17(19)20)7-15-12(11)14/h6-9H,4-5H2,1-3H3,(H,16,18). The van der Waals surface area contributed by atoms with Gasteiger partial charge in [0.05, 0.1) is 10.5 Å². The Hall–Kier alpha value is -1.69. The van der Waals surface area contributed by atoms with Crippen molar-refractivity contribution in [1.29, 1.82) is 0 Å². The number of amides is 1. The van der Waals surface area contributed by atoms with Gasteiger partial charge in [0.2, 0.25) is 0 Å². The number of carbonyl (C=O) groups is 1. The molecule has 0 spiro atoms. The first kappa shape index (κ1) is 16.4. The number of nitrogens with one attached hydrogen (secondary N) is 1. The average Bonchev–Trinajstić information content (AvgIpc) is 2.40. The number of hydrogen-bond acceptors (Lipinski definition) is 4. The fraction of sp³-hybridized carbons (Fsp3) is 0.538. The normalized spacial score (nSPS) is 12.2. The lowest BCUT2D eigenvalue weighted by Gasteiger charge is -2.22. The van der Waals surface area contributed by atoms with Crippen LogP contribution < -0.4 is 5.32 Å². The zero-order chi connectivity index (χ0) is 15.3. The van der Waals surface area contributed by atoms with Crippen LogP contribution >= 0.6 is 11.6 Å². The summed E-state index contributed by atoms with van der Waals surface area (Å²) in [5.41, 5.74) is -0.228. The minimum atomic E-state index is -0.607. The summed E-state index contributed by atoms with van der Waals surface area (Å²) in [5.74, 6) is -0.0880. The molecule has 0 aliphatic rings. The Balaban J connectivity index is 2.92. The van der Waals surface area contributed by atoms with Crippen molar-refractivity contribution in [3.8, 4) is 0 Å². The summed E-state index contributed by atoms with van der Waals surface area (Å²) in [4.78, 5) is 25.9. The first-order valence-electron chi connectivity index (χ1n) is 6.51. The first-order valence-corrected chi connectivity index (χ1v) is 6.89. The molecule has 1 rings (SSSR count). The van der Waals surface area contributed by atoms with Gasteiger partial charge in [-0.2, -0.15) is 0 Å². The molecule has 0 aliphatic carbocycles. The van der Waals surface area contributed by atoms with Gasteiger partial charge in [-0.25, -0.2) is 4.98 Å². The zero-order valence-corrected chi connectivity index (χ0v) is 12.5. The highest BCUT2D eigenvalue weighted by atomic mass is 35.5. The van der Waals surface area contributed by atoms with Crippen LogP contribution in [0.25, 0.3) is 0 Å². The third-order valence-corrected chi connectivity index (χ3v) is 3.70. The van der Waals surface area contributed by atoms with E-state index in [0.717, 1.165) is 25.1 Å². The molecule has 0 aromatic carbocycles. The average molecular weight is 300 g/mol. The van der Waals surface area contributed by atoms with Gasteiger partial charge in [0, 0.05) is 12.1 Å². The van der Waals surface area contributed by atoms with E-state index >= 15 is 0 Å². The molecule has 0 radical (unpaired) electrons. The molecular weight excluding hydrogens is 282 g/mol. The van der Waals surface area contributed by atoms with Crippen LogP contribution in [-0.4, -0.2) is 21.9 Å². The highest BCUT2D eigenvalue weighted by molar-refractivity contribution is 6.32. The van der Waals surface area contributed by atoms with Crippen molar-refractivity contribution in [1.82, 2.24) is 10.3 Å². The van der Waals surface area contributed by atoms with E-state index in [1.165, 1.54) is 0 Å². The Bertz CT molecular complexity index is 504. The molecule has 1 aromatic heterocycles. The van der Waals surface area contributed by atoms with Crippen LogP contribution in [0.4, 0.5) is 5.69 Å². The molecule has 0 bridgehead atoms. The Labute approximate surface area is 122 Å². The number of hydrogen-bond donors (Lipinski definition) is 1. The van der Waals surface area contributed by atoms with Crippen molar-refractivity contribution in [3.05, 3.63) is 33.1 Å². The molecule has 0 fully saturated rings. The fourth-order valence-corrected chi connectivity index (χ4v) is 2.28. The van der Waals surface area contributed by atoms with E-state index in [0.29, 0.717) is 5.92 Å². The number of rotatable bonds is 6. The maximum absolute atomic E-state index is 12.1. The van der Waals surface area contributed by atoms with Crippen LogP contribution in [0.3, 0.4) is 0 Å². The molecular formula is C13H18ClN3O3. The number of aromatic nitrogens is 1. The van der Waals surface area contributed by atoms with Crippen LogP contribution in [-0.2, 0) is 0 Å². The number of nitro groups is 1. The van der Waals surface area contributed by atoms with Crippen LogP contribution in [0, 0.1) is 16.0 Å². The number of carbonyl (C=O) groups excluding carboxylic acids is 1. The summed E-state index contributed by atoms with van der Waals surface area (Å²) in [6.45, 7) is 6.02. The van der Waals surface area contributed by atoms with Crippen molar-refractivity contribution in [2.75, 3.05) is 0 Å². The van der Waals surface area contributed by atoms with Gasteiger partial charge in [0.1, 0.15) is 11.3 Å². The molecule has 1 unspecified atom stereocenters. The maximum atomic E-state index is 12.1. The molecule has 20 heavy (non-hydrogen) atoms. The third-order valence-electron chi connectivity index (χ3n) is 3.39. The van der Waals surface area contributed by atoms with Crippen molar-refractivity contribution in [3.63, 3.8) is 0 Å². The Morgan fingerprint density at radius 2 is 2.10 bits per heavy atom. The summed E-state index contributed by atoms with van der Waals surface area (Å²) in [7, 11) is 0. The van der Waals surface area contributed by atoms with Crippen LogP contribution in [0.15, 0.2) is 12.3 Å². The smallest absolute Gasteiger partial charge is 0.288 e. The second-order valence-electron chi connectivity index (χ2n) is 4.63. The van der Waals surface area contributed by atoms with Crippen molar-refractivity contribution in [2.24, 2.45) is 5.92 Å². The van der Waals surface area contributed by atoms with E-state index in [1.54, 1.807) is 0 Å². The highest BCUT2D eigenvalue weighted by Crippen LogP contribution is 2.20. The fourth-order valence-electron chi connectivity index (χ4n) is 2.09. The van der Waals surface area contributed by atoms with Crippen LogP contribution in [0.5, 0.6) is 0 Å². The zero-order valence-electron chi connectivity index (χ0n) is 11.7. The minimum Gasteiger partial charge on any atom is -0.349 e. The molecule has 6 nitrogen and oxygen atoms in total. The van der Waals surface area contributed by atoms with Gasteiger partial charge < -0.3 is 5.32 Å². The molecule has 0 saturated carbocycles. The van der Waals surface area contributed by atoms with E-state index in [1.807, 2.05) is 6.92 Å². The molecule has 1 N–H and O–H groups in total. The highest BCUT2D eigenvalue weighted by Gasteiger charge is 2.21. The molecule has 1 aromatic rings. The van der Waals surface area contributed by atoms with Gasteiger partial charge in [-0.15, -0.1) is 0 Å². The molecule has 1 heterocycles. The van der Waals surface area contributed by atoms with Gasteiger partial charge >= 0.3 is 0 Å². The summed E-state index contributed by atoms with van der Waals surface area (Å²) in [6, 6.07) is 1.11. The summed E-state index contributed by atoms with van der Waals surface area (Å²) in [6.07, 6.45) is 2.92. The predicted octanol–water partition coefficient (Wildman–Crippen LogP) is 3.20. The topological polar surface area (TPSA) is 85.1 Å². The van der Waals surface area contributed by atoms with Gasteiger partial charge in [-0.1, -0.05) is 38.3 Å². The molecule has 1 atom stereocenters. The largest absolute Gasteiger partial charge is 0.349 e. The monoisotopic (exact) mass is 299 g/mol. The lowest BCUT2D eigenvalue weighted by Crippen LogP contribution is -2.38. The maximum Gasteiger partial charge on any atom is 0.288 e. The van der Waals surface area contributed by atoms with E-state index in [-0.39, 0.29) is 22.4 Å². The second-order valence-corrected chi connectivity index (χ2v) is 4.99. The molecule has 110 valence electrons. The van der Waals surface area contributed by atoms with Gasteiger partial charge in [-0.05, 0) is 12.8 Å². The lowest BCUT2D eigenvalue weighted by molar-refractivity contribution is -0.385. The van der Waals surface area contributed by atoms with Crippen molar-refractivity contribution >= 4 is 23.2 Å². The van der Waals surface area contributed by atoms with E-state index in [4.69, 9.17) is 11.6 Å². The van der Waals surface area contributed by atoms with E-state index in [2.05, 4.69) is 24.1 Å². The predicted molar refractivity (Wildman–Crippen MR) is 76.9 cm³/mol. The van der Waals surface area contributed by atoms with Gasteiger partial charge in [0.15, 0.2) is 0 Å². The summed E-state index contributed by atoms with van der Waals surface area (Å²) < 4.78 is 0. The first-order chi connectivity index (χ1) is 9.40. The molecule has 0 saturated heterocycles. The van der Waals surface area contributed by atoms with Gasteiger partial charge in [0.25, 0.3) is 11.6 Å². The third kappa shape index (κ3) is 3.90. The molecule has 7 heteroatoms. The van der Waals surface area contributed by atoms with Gasteiger partial charge in [-0.3, -0.25) is 14.9 Å². The summed E-state index contributed by atoms with van der Waals surface area (Å²) >= 11 is 5.83. The van der Waals surface area contributed by atoms with Crippen molar-refractivity contribution < 1.29 is 9.72 Å². The quantitative estimate of drug-likeness (QED) is 0.496. The Morgan fingerprint density at radius 1 is 1.50 bits per heavy atom. The Morgan fingerprint density at radius 3 is 2.60 bits per heavy atom. The SMILES string of the molecule is CCC(CC)C(C)NC(=O)c1cc([N+](=O)[O-])cnc1Cl. The number of halogens is 1. The molecule has 0 aliphatic heterocycles. The Kier molecular flexibility index (Phi) is 5.88. The second kappa shape index (κ2) is 7.19. The number of pyridine rings is 1. The van der Waals surface area contributed by atoms with Crippen LogP contribution in [0.2, 0.25) is 5.15 Å². The van der Waals surface area contributed by atoms with E-state index in [9.17, 15) is 14.9 Å². The minimum absolute atomic E-state index is 0.0265. The summed E-state index contributed by atoms with van der Waals surface area (Å²) in [5, 5.41) is 13.5. The van der Waals surface area contributed by atoms with Crippen LogP contribution in [0.1, 0.15) is 44.0 Å². The van der Waals surface area contributed by atoms with E-state index < -0.39 is 10.8 Å².